The van der Waals surface area contributed by atoms with Gasteiger partial charge in [0, 0.05) is 26.2 Å². The lowest BCUT2D eigenvalue weighted by atomic mass is 9.82. The Bertz CT molecular complexity index is 727. The van der Waals surface area contributed by atoms with Crippen molar-refractivity contribution in [3.63, 3.8) is 0 Å². The van der Waals surface area contributed by atoms with E-state index in [2.05, 4.69) is 0 Å². The molecule has 2 bridgehead atoms. The Morgan fingerprint density at radius 1 is 1.00 bits per heavy atom. The number of carbonyl (C=O) groups is 2. The highest BCUT2D eigenvalue weighted by molar-refractivity contribution is 5.87. The Hall–Kier alpha value is -2.37. The molecule has 2 aliphatic carbocycles. The van der Waals surface area contributed by atoms with Crippen LogP contribution < -0.4 is 4.90 Å². The molecular formula is C19H21FN2O3. The third-order valence-electron chi connectivity index (χ3n) is 5.81. The molecule has 1 saturated carbocycles. The molecule has 1 aromatic rings. The second-order valence-electron chi connectivity index (χ2n) is 7.10. The van der Waals surface area contributed by atoms with Gasteiger partial charge in [-0.2, -0.15) is 0 Å². The first-order valence-corrected chi connectivity index (χ1v) is 8.75. The van der Waals surface area contributed by atoms with Crippen LogP contribution in [0.5, 0.6) is 0 Å². The van der Waals surface area contributed by atoms with Gasteiger partial charge in [0.05, 0.1) is 17.5 Å². The van der Waals surface area contributed by atoms with E-state index in [0.717, 1.165) is 6.42 Å². The van der Waals surface area contributed by atoms with E-state index in [0.29, 0.717) is 31.9 Å². The lowest BCUT2D eigenvalue weighted by Gasteiger charge is -2.38. The van der Waals surface area contributed by atoms with E-state index in [4.69, 9.17) is 0 Å². The molecule has 0 aromatic heterocycles. The third kappa shape index (κ3) is 2.69. The molecule has 0 unspecified atom stereocenters. The summed E-state index contributed by atoms with van der Waals surface area (Å²) in [5, 5.41) is 9.52. The Labute approximate surface area is 145 Å². The fourth-order valence-corrected chi connectivity index (χ4v) is 4.58. The van der Waals surface area contributed by atoms with Crippen molar-refractivity contribution in [2.24, 2.45) is 23.7 Å². The van der Waals surface area contributed by atoms with Crippen molar-refractivity contribution in [1.29, 1.82) is 0 Å². The number of carboxylic acids is 1. The zero-order valence-electron chi connectivity index (χ0n) is 13.8. The quantitative estimate of drug-likeness (QED) is 0.852. The Morgan fingerprint density at radius 3 is 2.28 bits per heavy atom. The number of aliphatic carboxylic acids is 1. The van der Waals surface area contributed by atoms with E-state index in [1.807, 2.05) is 17.1 Å². The van der Waals surface area contributed by atoms with Crippen molar-refractivity contribution in [1.82, 2.24) is 4.90 Å². The van der Waals surface area contributed by atoms with Gasteiger partial charge in [-0.05, 0) is 30.4 Å². The standard InChI is InChI=1S/C19H21FN2O3/c20-14-3-1-2-4-15(14)21-7-9-22(10-8-21)18(23)16-12-5-6-13(11-12)17(16)19(24)25/h1-6,12-13,16-17H,7-11H2,(H,24,25)/t12-,13-,16-,17-/m0/s1. The van der Waals surface area contributed by atoms with E-state index < -0.39 is 17.8 Å². The molecule has 1 saturated heterocycles. The first-order chi connectivity index (χ1) is 12.1. The maximum Gasteiger partial charge on any atom is 0.307 e. The summed E-state index contributed by atoms with van der Waals surface area (Å²) in [4.78, 5) is 28.3. The number of carbonyl (C=O) groups excluding carboxylic acids is 1. The number of anilines is 1. The van der Waals surface area contributed by atoms with Gasteiger partial charge in [0.25, 0.3) is 0 Å². The molecule has 25 heavy (non-hydrogen) atoms. The monoisotopic (exact) mass is 344 g/mol. The van der Waals surface area contributed by atoms with E-state index in [1.54, 1.807) is 23.1 Å². The van der Waals surface area contributed by atoms with E-state index in [9.17, 15) is 19.1 Å². The molecule has 1 aromatic carbocycles. The molecule has 1 N–H and O–H groups in total. The summed E-state index contributed by atoms with van der Waals surface area (Å²) in [6.45, 7) is 2.11. The number of piperazine rings is 1. The van der Waals surface area contributed by atoms with Crippen LogP contribution in [0.3, 0.4) is 0 Å². The highest BCUT2D eigenvalue weighted by Gasteiger charge is 2.52. The van der Waals surface area contributed by atoms with Crippen molar-refractivity contribution in [3.05, 3.63) is 42.2 Å². The number of allylic oxidation sites excluding steroid dienone is 2. The molecule has 0 spiro atoms. The van der Waals surface area contributed by atoms with Crippen molar-refractivity contribution in [3.8, 4) is 0 Å². The summed E-state index contributed by atoms with van der Waals surface area (Å²) in [6.07, 6.45) is 4.72. The number of carboxylic acid groups (broad SMARTS) is 1. The summed E-state index contributed by atoms with van der Waals surface area (Å²) in [6, 6.07) is 6.64. The summed E-state index contributed by atoms with van der Waals surface area (Å²) >= 11 is 0. The van der Waals surface area contributed by atoms with Crippen LogP contribution in [0.2, 0.25) is 0 Å². The third-order valence-corrected chi connectivity index (χ3v) is 5.81. The van der Waals surface area contributed by atoms with Crippen LogP contribution in [0, 0.1) is 29.5 Å². The van der Waals surface area contributed by atoms with Gasteiger partial charge in [0.1, 0.15) is 5.82 Å². The normalized spacial score (nSPS) is 30.8. The van der Waals surface area contributed by atoms with Crippen molar-refractivity contribution < 1.29 is 19.1 Å². The molecule has 1 heterocycles. The second-order valence-corrected chi connectivity index (χ2v) is 7.10. The van der Waals surface area contributed by atoms with Crippen molar-refractivity contribution in [2.45, 2.75) is 6.42 Å². The number of hydrogen-bond donors (Lipinski definition) is 1. The highest BCUT2D eigenvalue weighted by Crippen LogP contribution is 2.48. The predicted molar refractivity (Wildman–Crippen MR) is 90.5 cm³/mol. The molecule has 2 fully saturated rings. The van der Waals surface area contributed by atoms with Crippen molar-refractivity contribution in [2.75, 3.05) is 31.1 Å². The lowest BCUT2D eigenvalue weighted by molar-refractivity contribution is -0.151. The van der Waals surface area contributed by atoms with Gasteiger partial charge in [-0.15, -0.1) is 0 Å². The van der Waals surface area contributed by atoms with Crippen molar-refractivity contribution >= 4 is 17.6 Å². The smallest absolute Gasteiger partial charge is 0.307 e. The molecule has 6 heteroatoms. The topological polar surface area (TPSA) is 60.9 Å². The maximum absolute atomic E-state index is 13.9. The van der Waals surface area contributed by atoms with E-state index in [1.165, 1.54) is 6.07 Å². The molecule has 4 rings (SSSR count). The SMILES string of the molecule is O=C(O)[C@@H]1[C@@H](C(=O)N2CCN(c3ccccc3F)CC2)[C@H]2C=C[C@H]1C2. The number of rotatable bonds is 3. The van der Waals surface area contributed by atoms with Gasteiger partial charge in [0.15, 0.2) is 0 Å². The van der Waals surface area contributed by atoms with Crippen LogP contribution in [0.15, 0.2) is 36.4 Å². The number of fused-ring (bicyclic) bond motifs is 2. The summed E-state index contributed by atoms with van der Waals surface area (Å²) in [5.74, 6) is -2.22. The molecule has 5 nitrogen and oxygen atoms in total. The molecular weight excluding hydrogens is 323 g/mol. The predicted octanol–water partition coefficient (Wildman–Crippen LogP) is 2.00. The lowest BCUT2D eigenvalue weighted by Crippen LogP contribution is -2.52. The molecule has 0 radical (unpaired) electrons. The Kier molecular flexibility index (Phi) is 3.98. The summed E-state index contributed by atoms with van der Waals surface area (Å²) < 4.78 is 13.9. The van der Waals surface area contributed by atoms with Gasteiger partial charge in [-0.1, -0.05) is 24.3 Å². The average molecular weight is 344 g/mol. The molecule has 1 aliphatic heterocycles. The minimum atomic E-state index is -0.875. The zero-order valence-corrected chi connectivity index (χ0v) is 13.8. The number of hydrogen-bond acceptors (Lipinski definition) is 3. The van der Waals surface area contributed by atoms with Crippen LogP contribution in [-0.4, -0.2) is 48.1 Å². The Balaban J connectivity index is 1.44. The number of halogens is 1. The average Bonchev–Trinajstić information content (AvgIpc) is 3.23. The zero-order chi connectivity index (χ0) is 17.6. The second kappa shape index (κ2) is 6.17. The fourth-order valence-electron chi connectivity index (χ4n) is 4.58. The number of benzene rings is 1. The number of nitrogens with zero attached hydrogens (tertiary/aromatic N) is 2. The maximum atomic E-state index is 13.9. The van der Waals surface area contributed by atoms with E-state index >= 15 is 0 Å². The first-order valence-electron chi connectivity index (χ1n) is 8.75. The van der Waals surface area contributed by atoms with E-state index in [-0.39, 0.29) is 23.6 Å². The molecule has 1 amide bonds. The molecule has 132 valence electrons. The van der Waals surface area contributed by atoms with Gasteiger partial charge < -0.3 is 14.9 Å². The summed E-state index contributed by atoms with van der Waals surface area (Å²) in [7, 11) is 0. The largest absolute Gasteiger partial charge is 0.481 e. The molecule has 4 atom stereocenters. The van der Waals surface area contributed by atoms with Gasteiger partial charge >= 0.3 is 5.97 Å². The van der Waals surface area contributed by atoms with Crippen LogP contribution in [-0.2, 0) is 9.59 Å². The number of para-hydroxylation sites is 1. The Morgan fingerprint density at radius 2 is 1.64 bits per heavy atom. The van der Waals surface area contributed by atoms with Gasteiger partial charge in [0.2, 0.25) is 5.91 Å². The highest BCUT2D eigenvalue weighted by atomic mass is 19.1. The van der Waals surface area contributed by atoms with Crippen LogP contribution >= 0.6 is 0 Å². The van der Waals surface area contributed by atoms with Crippen LogP contribution in [0.25, 0.3) is 0 Å². The minimum absolute atomic E-state index is 0.0175. The van der Waals surface area contributed by atoms with Gasteiger partial charge in [-0.3, -0.25) is 9.59 Å². The molecule has 3 aliphatic rings. The number of amides is 1. The van der Waals surface area contributed by atoms with Crippen LogP contribution in [0.4, 0.5) is 10.1 Å². The first kappa shape index (κ1) is 16.1. The summed E-state index contributed by atoms with van der Waals surface area (Å²) in [5.41, 5.74) is 0.556. The van der Waals surface area contributed by atoms with Crippen LogP contribution in [0.1, 0.15) is 6.42 Å². The fraction of sp³-hybridized carbons (Fsp3) is 0.474. The van der Waals surface area contributed by atoms with Gasteiger partial charge in [-0.25, -0.2) is 4.39 Å². The minimum Gasteiger partial charge on any atom is -0.481 e.